The minimum Gasteiger partial charge on any atom is -0.327 e. The number of hydrogen-bond donors (Lipinski definition) is 1. The van der Waals surface area contributed by atoms with Crippen LogP contribution in [0.25, 0.3) is 0 Å². The SMILES string of the molecule is CC(N)C(Sc1ccccc1)c1ccc(Br)cc1. The van der Waals surface area contributed by atoms with E-state index in [2.05, 4.69) is 71.4 Å². The molecule has 0 aliphatic rings. The summed E-state index contributed by atoms with van der Waals surface area (Å²) in [5.41, 5.74) is 7.39. The van der Waals surface area contributed by atoms with Crippen molar-refractivity contribution in [1.82, 2.24) is 0 Å². The molecule has 2 N–H and O–H groups in total. The van der Waals surface area contributed by atoms with Crippen molar-refractivity contribution in [3.63, 3.8) is 0 Å². The highest BCUT2D eigenvalue weighted by atomic mass is 79.9. The van der Waals surface area contributed by atoms with E-state index in [0.29, 0.717) is 0 Å². The van der Waals surface area contributed by atoms with E-state index in [1.54, 1.807) is 0 Å². The second-order valence-corrected chi connectivity index (χ2v) is 6.39. The summed E-state index contributed by atoms with van der Waals surface area (Å²) in [7, 11) is 0. The molecule has 1 nitrogen and oxygen atoms in total. The van der Waals surface area contributed by atoms with Gasteiger partial charge < -0.3 is 5.73 Å². The summed E-state index contributed by atoms with van der Waals surface area (Å²) >= 11 is 5.28. The number of benzene rings is 2. The maximum atomic E-state index is 6.12. The van der Waals surface area contributed by atoms with Crippen molar-refractivity contribution in [2.45, 2.75) is 23.1 Å². The minimum atomic E-state index is 0.108. The highest BCUT2D eigenvalue weighted by molar-refractivity contribution is 9.10. The molecular weight excluding hydrogens is 306 g/mol. The van der Waals surface area contributed by atoms with Crippen LogP contribution in [-0.4, -0.2) is 6.04 Å². The van der Waals surface area contributed by atoms with Gasteiger partial charge in [-0.2, -0.15) is 0 Å². The largest absolute Gasteiger partial charge is 0.327 e. The first-order valence-electron chi connectivity index (χ1n) is 5.89. The third-order valence-corrected chi connectivity index (χ3v) is 4.71. The monoisotopic (exact) mass is 321 g/mol. The van der Waals surface area contributed by atoms with E-state index in [0.717, 1.165) is 4.47 Å². The molecule has 0 radical (unpaired) electrons. The fraction of sp³-hybridized carbons (Fsp3) is 0.200. The van der Waals surface area contributed by atoms with Crippen molar-refractivity contribution in [2.75, 3.05) is 0 Å². The number of thioether (sulfide) groups is 1. The molecule has 0 saturated heterocycles. The Bertz CT molecular complexity index is 482. The van der Waals surface area contributed by atoms with E-state index in [9.17, 15) is 0 Å². The molecule has 0 aromatic heterocycles. The zero-order valence-electron chi connectivity index (χ0n) is 10.2. The van der Waals surface area contributed by atoms with Gasteiger partial charge in [-0.25, -0.2) is 0 Å². The summed E-state index contributed by atoms with van der Waals surface area (Å²) < 4.78 is 1.10. The van der Waals surface area contributed by atoms with Gasteiger partial charge in [-0.3, -0.25) is 0 Å². The summed E-state index contributed by atoms with van der Waals surface area (Å²) in [6.45, 7) is 2.06. The Hall–Kier alpha value is -0.770. The smallest absolute Gasteiger partial charge is 0.0492 e. The first kappa shape index (κ1) is 13.7. The molecule has 0 aliphatic carbocycles. The Morgan fingerprint density at radius 3 is 2.17 bits per heavy atom. The summed E-state index contributed by atoms with van der Waals surface area (Å²) in [6, 6.07) is 18.9. The Labute approximate surface area is 121 Å². The van der Waals surface area contributed by atoms with Crippen LogP contribution in [0, 0.1) is 0 Å². The molecule has 0 saturated carbocycles. The zero-order chi connectivity index (χ0) is 13.0. The zero-order valence-corrected chi connectivity index (χ0v) is 12.6. The van der Waals surface area contributed by atoms with E-state index < -0.39 is 0 Å². The summed E-state index contributed by atoms with van der Waals surface area (Å²) in [6.07, 6.45) is 0. The molecule has 0 bridgehead atoms. The maximum absolute atomic E-state index is 6.12. The van der Waals surface area contributed by atoms with E-state index in [4.69, 9.17) is 5.73 Å². The lowest BCUT2D eigenvalue weighted by Crippen LogP contribution is -2.22. The van der Waals surface area contributed by atoms with Crippen LogP contribution in [0.4, 0.5) is 0 Å². The van der Waals surface area contributed by atoms with Crippen molar-refractivity contribution >= 4 is 27.7 Å². The number of nitrogens with two attached hydrogens (primary N) is 1. The van der Waals surface area contributed by atoms with E-state index in [1.165, 1.54) is 10.5 Å². The normalized spacial score (nSPS) is 14.2. The first-order valence-corrected chi connectivity index (χ1v) is 7.57. The quantitative estimate of drug-likeness (QED) is 0.831. The minimum absolute atomic E-state index is 0.108. The number of rotatable bonds is 4. The third kappa shape index (κ3) is 3.61. The molecule has 0 amide bonds. The van der Waals surface area contributed by atoms with E-state index >= 15 is 0 Å². The van der Waals surface area contributed by atoms with Crippen LogP contribution in [0.2, 0.25) is 0 Å². The van der Waals surface area contributed by atoms with Crippen molar-refractivity contribution in [2.24, 2.45) is 5.73 Å². The van der Waals surface area contributed by atoms with Crippen LogP contribution >= 0.6 is 27.7 Å². The molecule has 2 rings (SSSR count). The second kappa shape index (κ2) is 6.41. The van der Waals surface area contributed by atoms with Gasteiger partial charge in [0.15, 0.2) is 0 Å². The molecule has 0 fully saturated rings. The number of halogens is 1. The molecule has 2 atom stereocenters. The van der Waals surface area contributed by atoms with Crippen LogP contribution in [0.15, 0.2) is 64.0 Å². The van der Waals surface area contributed by atoms with Gasteiger partial charge in [0.25, 0.3) is 0 Å². The summed E-state index contributed by atoms with van der Waals surface area (Å²) in [5, 5.41) is 0.278. The van der Waals surface area contributed by atoms with Crippen LogP contribution < -0.4 is 5.73 Å². The molecule has 0 aliphatic heterocycles. The molecule has 2 unspecified atom stereocenters. The van der Waals surface area contributed by atoms with Gasteiger partial charge in [-0.05, 0) is 36.8 Å². The van der Waals surface area contributed by atoms with Gasteiger partial charge in [0, 0.05) is 20.7 Å². The standard InChI is InChI=1S/C15H16BrNS/c1-11(17)15(12-7-9-13(16)10-8-12)18-14-5-3-2-4-6-14/h2-11,15H,17H2,1H3. The van der Waals surface area contributed by atoms with Crippen LogP contribution in [0.5, 0.6) is 0 Å². The third-order valence-electron chi connectivity index (χ3n) is 2.68. The predicted octanol–water partition coefficient (Wildman–Crippen LogP) is 4.63. The lowest BCUT2D eigenvalue weighted by molar-refractivity contribution is 0.721. The highest BCUT2D eigenvalue weighted by Crippen LogP contribution is 2.37. The Balaban J connectivity index is 2.21. The van der Waals surface area contributed by atoms with E-state index in [1.807, 2.05) is 17.8 Å². The van der Waals surface area contributed by atoms with Gasteiger partial charge in [0.1, 0.15) is 0 Å². The van der Waals surface area contributed by atoms with Crippen LogP contribution in [0.1, 0.15) is 17.7 Å². The fourth-order valence-corrected chi connectivity index (χ4v) is 3.16. The van der Waals surface area contributed by atoms with Gasteiger partial charge in [0.05, 0.1) is 0 Å². The average Bonchev–Trinajstić information content (AvgIpc) is 2.38. The summed E-state index contributed by atoms with van der Waals surface area (Å²) in [4.78, 5) is 1.25. The predicted molar refractivity (Wildman–Crippen MR) is 82.8 cm³/mol. The Morgan fingerprint density at radius 2 is 1.61 bits per heavy atom. The van der Waals surface area contributed by atoms with Gasteiger partial charge in [-0.15, -0.1) is 11.8 Å². The van der Waals surface area contributed by atoms with Crippen molar-refractivity contribution in [3.05, 3.63) is 64.6 Å². The molecule has 18 heavy (non-hydrogen) atoms. The van der Waals surface area contributed by atoms with Gasteiger partial charge in [-0.1, -0.05) is 46.3 Å². The topological polar surface area (TPSA) is 26.0 Å². The maximum Gasteiger partial charge on any atom is 0.0492 e. The second-order valence-electron chi connectivity index (χ2n) is 4.26. The summed E-state index contributed by atoms with van der Waals surface area (Å²) in [5.74, 6) is 0. The van der Waals surface area contributed by atoms with Crippen LogP contribution in [0.3, 0.4) is 0 Å². The fourth-order valence-electron chi connectivity index (χ4n) is 1.78. The molecule has 3 heteroatoms. The van der Waals surface area contributed by atoms with E-state index in [-0.39, 0.29) is 11.3 Å². The Morgan fingerprint density at radius 1 is 1.00 bits per heavy atom. The molecule has 94 valence electrons. The van der Waals surface area contributed by atoms with Crippen molar-refractivity contribution < 1.29 is 0 Å². The Kier molecular flexibility index (Phi) is 4.87. The van der Waals surface area contributed by atoms with Crippen molar-refractivity contribution in [3.8, 4) is 0 Å². The van der Waals surface area contributed by atoms with Crippen LogP contribution in [-0.2, 0) is 0 Å². The van der Waals surface area contributed by atoms with Crippen molar-refractivity contribution in [1.29, 1.82) is 0 Å². The average molecular weight is 322 g/mol. The molecule has 2 aromatic carbocycles. The number of hydrogen-bond acceptors (Lipinski definition) is 2. The highest BCUT2D eigenvalue weighted by Gasteiger charge is 2.17. The lowest BCUT2D eigenvalue weighted by Gasteiger charge is -2.21. The first-order chi connectivity index (χ1) is 8.66. The molecule has 0 heterocycles. The molecular formula is C15H16BrNS. The lowest BCUT2D eigenvalue weighted by atomic mass is 10.1. The van der Waals surface area contributed by atoms with Gasteiger partial charge in [0.2, 0.25) is 0 Å². The molecule has 2 aromatic rings. The molecule has 0 spiro atoms. The van der Waals surface area contributed by atoms with Gasteiger partial charge >= 0.3 is 0 Å².